The van der Waals surface area contributed by atoms with Gasteiger partial charge in [-0.25, -0.2) is 4.79 Å². The molecule has 15 unspecified atom stereocenters. The maximum absolute atomic E-state index is 15.8. The Kier molecular flexibility index (Phi) is 24.1. The van der Waals surface area contributed by atoms with Crippen molar-refractivity contribution in [2.24, 2.45) is 50.2 Å². The molecule has 578 valence electrons. The Bertz CT molecular complexity index is 2930. The number of carbonyl (C=O) groups excluding carboxylic acids is 3. The van der Waals surface area contributed by atoms with Crippen LogP contribution in [0, 0.1) is 50.2 Å². The number of aliphatic carboxylic acids is 1. The van der Waals surface area contributed by atoms with E-state index in [4.69, 9.17) is 56.8 Å². The highest BCUT2D eigenvalue weighted by Crippen LogP contribution is 2.76. The minimum absolute atomic E-state index is 0. The standard InChI is InChI=1S/C65H101NO34.CH4/c1-60(2)13-14-65(59(88)100-57-50(98-55-44(82)38(76)27(72)21-90-55)41(79)36(28(17-67)92-57)66-35(74)22-91-53-45(83)40(78)30(19-69)93-53)25(15-60)24-7-8-32-61(3)11-10-34(62(4,23-70)31(61)9-12-63(32,5)64(24,6)16-33(65)73)95-58-51(99-56-46(84)42(80)39(77)29(18-68)94-56)48(47(85)49(97-58)52(86)87)96-54-43(81)37(75)26(71)20-89-54;/h7,23,25-34,36-51,53-58,67-69,71-73,75-85H,8-22H2,1-6H3,(H,66,74)(H,86,87);1H4/t25?,26-,27-,28-,29?,30+,31-,32?,33?,34+,36+,37+,38?,39+,40?,41?,42+,43?,44?,45?,46?,47+,48+,49?,50?,51?,53-,54+,55+,56+,57+,58-,61?,62-,63+,64-,65-;/m1./s1. The van der Waals surface area contributed by atoms with E-state index in [1.54, 1.807) is 6.92 Å². The largest absolute Gasteiger partial charge is 0.479 e. The summed E-state index contributed by atoms with van der Waals surface area (Å²) in [6.07, 6.45) is -45.2. The number of carboxylic acids is 1. The van der Waals surface area contributed by atoms with E-state index in [0.29, 0.717) is 38.5 Å². The lowest BCUT2D eigenvalue weighted by Crippen LogP contribution is -2.70. The van der Waals surface area contributed by atoms with Crippen molar-refractivity contribution in [1.29, 1.82) is 0 Å². The summed E-state index contributed by atoms with van der Waals surface area (Å²) in [5, 5.41) is 198. The Labute approximate surface area is 582 Å². The Balaban J connectivity index is 0.0000110. The lowest BCUT2D eigenvalue weighted by Gasteiger charge is -2.71. The number of rotatable bonds is 19. The molecule has 1 amide bonds. The first-order valence-electron chi connectivity index (χ1n) is 34.3. The molecule has 11 aliphatic rings. The minimum Gasteiger partial charge on any atom is -0.479 e. The minimum atomic E-state index is -2.23. The molecular formula is C66H105NO34. The molecule has 4 saturated carbocycles. The van der Waals surface area contributed by atoms with Crippen LogP contribution in [0.15, 0.2) is 11.6 Å². The number of allylic oxidation sites excluding steroid dienone is 2. The zero-order valence-electron chi connectivity index (χ0n) is 56.3. The van der Waals surface area contributed by atoms with Gasteiger partial charge in [-0.15, -0.1) is 0 Å². The zero-order valence-corrected chi connectivity index (χ0v) is 56.3. The number of amides is 1. The van der Waals surface area contributed by atoms with Crippen LogP contribution in [0.5, 0.6) is 0 Å². The van der Waals surface area contributed by atoms with Crippen LogP contribution >= 0.6 is 0 Å². The molecule has 0 spiro atoms. The maximum atomic E-state index is 15.8. The molecule has 35 heteroatoms. The summed E-state index contributed by atoms with van der Waals surface area (Å²) >= 11 is 0. The predicted octanol–water partition coefficient (Wildman–Crippen LogP) is -6.48. The highest BCUT2D eigenvalue weighted by molar-refractivity contribution is 5.80. The van der Waals surface area contributed by atoms with Gasteiger partial charge in [-0.3, -0.25) is 9.59 Å². The second-order valence-corrected chi connectivity index (χ2v) is 31.1. The summed E-state index contributed by atoms with van der Waals surface area (Å²) in [7, 11) is 0. The van der Waals surface area contributed by atoms with Gasteiger partial charge in [-0.2, -0.15) is 0 Å². The van der Waals surface area contributed by atoms with Crippen LogP contribution in [0.3, 0.4) is 0 Å². The van der Waals surface area contributed by atoms with Crippen molar-refractivity contribution < 1.29 is 168 Å². The number of nitrogens with one attached hydrogen (secondary N) is 1. The Morgan fingerprint density at radius 3 is 1.71 bits per heavy atom. The van der Waals surface area contributed by atoms with Gasteiger partial charge in [0, 0.05) is 0 Å². The molecule has 6 aliphatic heterocycles. The molecule has 37 atom stereocenters. The van der Waals surface area contributed by atoms with E-state index in [1.165, 1.54) is 0 Å². The fourth-order valence-corrected chi connectivity index (χ4v) is 18.9. The molecule has 6 heterocycles. The van der Waals surface area contributed by atoms with E-state index in [2.05, 4.69) is 32.2 Å². The number of ether oxygens (including phenoxy) is 12. The van der Waals surface area contributed by atoms with Crippen LogP contribution in [0.25, 0.3) is 0 Å². The first kappa shape index (κ1) is 80.2. The Morgan fingerprint density at radius 1 is 0.564 bits per heavy atom. The Morgan fingerprint density at radius 2 is 1.12 bits per heavy atom. The van der Waals surface area contributed by atoms with E-state index >= 15 is 4.79 Å². The molecule has 6 saturated heterocycles. The van der Waals surface area contributed by atoms with E-state index in [9.17, 15) is 106 Å². The quantitative estimate of drug-likeness (QED) is 0.0247. The van der Waals surface area contributed by atoms with Gasteiger partial charge in [0.2, 0.25) is 12.2 Å². The molecule has 0 aromatic heterocycles. The topological polar surface area (TPSA) is 555 Å². The molecule has 35 nitrogen and oxygen atoms in total. The van der Waals surface area contributed by atoms with Gasteiger partial charge in [0.05, 0.1) is 56.7 Å². The van der Waals surface area contributed by atoms with Crippen molar-refractivity contribution in [3.8, 4) is 0 Å². The third kappa shape index (κ3) is 13.9. The average molecular weight is 1460 g/mol. The molecule has 0 radical (unpaired) electrons. The van der Waals surface area contributed by atoms with E-state index in [-0.39, 0.29) is 32.6 Å². The predicted molar refractivity (Wildman–Crippen MR) is 332 cm³/mol. The summed E-state index contributed by atoms with van der Waals surface area (Å²) in [5.74, 6) is -5.21. The molecule has 19 N–H and O–H groups in total. The Hall–Kier alpha value is -3.30. The molecule has 5 aliphatic carbocycles. The average Bonchev–Trinajstić information content (AvgIpc) is 1.00. The number of carboxylic acid groups (broad SMARTS) is 1. The molecule has 101 heavy (non-hydrogen) atoms. The highest BCUT2D eigenvalue weighted by atomic mass is 16.8. The SMILES string of the molecule is C.CC1(C)CC[C@]2(C(=O)O[C@@H]3O[C@H](CO)[C@H](NC(=O)CO[C@@H]4O[C@@H](CO)C(O)C4O)C(O)C3O[C@@H]3OC[C@@H](O)C(O)C3O)C(O)C[C@]3(C)C(=CCC4C5(C)CC[C@H](O[C@@H]6OC(C(=O)O)[C@@H](O)[C@H](O[C@@H]7OC[C@@H](O)[C@H](O)C7O)C6O[C@@H]6OC(CO)[C@H](O)[C@H](O)C6O)[C@](C)(C=O)[C@@H]5CC[C@@]43C)C2C1. The normalized spacial score (nSPS) is 51.9. The summed E-state index contributed by atoms with van der Waals surface area (Å²) < 4.78 is 71.0. The lowest BCUT2D eigenvalue weighted by molar-refractivity contribution is -0.391. The second-order valence-electron chi connectivity index (χ2n) is 31.1. The van der Waals surface area contributed by atoms with Crippen molar-refractivity contribution in [3.63, 3.8) is 0 Å². The van der Waals surface area contributed by atoms with Crippen LogP contribution in [-0.2, 0) is 76.0 Å². The third-order valence-corrected chi connectivity index (χ3v) is 25.0. The fraction of sp³-hybridized carbons (Fsp3) is 0.909. The second kappa shape index (κ2) is 30.4. The number of hydrogen-bond donors (Lipinski definition) is 19. The van der Waals surface area contributed by atoms with Crippen LogP contribution in [0.4, 0.5) is 0 Å². The number of fused-ring (bicyclic) bond motifs is 7. The maximum Gasteiger partial charge on any atom is 0.335 e. The smallest absolute Gasteiger partial charge is 0.335 e. The van der Waals surface area contributed by atoms with Gasteiger partial charge >= 0.3 is 11.9 Å². The summed E-state index contributed by atoms with van der Waals surface area (Å²) in [4.78, 5) is 56.5. The van der Waals surface area contributed by atoms with Gasteiger partial charge in [-0.1, -0.05) is 60.6 Å². The third-order valence-electron chi connectivity index (χ3n) is 25.0. The molecule has 0 aromatic rings. The van der Waals surface area contributed by atoms with E-state index in [0.717, 1.165) is 11.9 Å². The summed E-state index contributed by atoms with van der Waals surface area (Å²) in [6, 6.07) is -1.62. The highest BCUT2D eigenvalue weighted by Gasteiger charge is 2.73. The number of aldehydes is 1. The van der Waals surface area contributed by atoms with Gasteiger partial charge < -0.3 is 159 Å². The van der Waals surface area contributed by atoms with Crippen molar-refractivity contribution in [2.45, 2.75) is 285 Å². The first-order valence-corrected chi connectivity index (χ1v) is 34.3. The number of esters is 1. The molecule has 0 bridgehead atoms. The number of carbonyl (C=O) groups is 4. The van der Waals surface area contributed by atoms with Gasteiger partial charge in [0.25, 0.3) is 0 Å². The first-order chi connectivity index (χ1) is 47.0. The van der Waals surface area contributed by atoms with Crippen LogP contribution in [0.1, 0.15) is 107 Å². The van der Waals surface area contributed by atoms with Crippen molar-refractivity contribution in [1.82, 2.24) is 5.32 Å². The van der Waals surface area contributed by atoms with Gasteiger partial charge in [0.15, 0.2) is 43.7 Å². The van der Waals surface area contributed by atoms with Gasteiger partial charge in [0.1, 0.15) is 128 Å². The molecule has 11 rings (SSSR count). The van der Waals surface area contributed by atoms with Crippen molar-refractivity contribution >= 4 is 24.1 Å². The summed E-state index contributed by atoms with van der Waals surface area (Å²) in [5.41, 5.74) is -5.04. The van der Waals surface area contributed by atoms with Gasteiger partial charge in [-0.05, 0) is 97.2 Å². The molecule has 10 fully saturated rings. The molecular weight excluding hydrogens is 1350 g/mol. The van der Waals surface area contributed by atoms with Crippen LogP contribution in [0.2, 0.25) is 0 Å². The summed E-state index contributed by atoms with van der Waals surface area (Å²) in [6.45, 7) is 7.52. The number of aliphatic hydroxyl groups is 17. The molecule has 0 aromatic carbocycles. The van der Waals surface area contributed by atoms with Crippen molar-refractivity contribution in [2.75, 3.05) is 39.6 Å². The monoisotopic (exact) mass is 1460 g/mol. The fourth-order valence-electron chi connectivity index (χ4n) is 18.9. The van der Waals surface area contributed by atoms with Crippen molar-refractivity contribution in [3.05, 3.63) is 11.6 Å². The van der Waals surface area contributed by atoms with E-state index < -0.39 is 280 Å². The van der Waals surface area contributed by atoms with E-state index in [1.807, 2.05) is 13.8 Å². The van der Waals surface area contributed by atoms with Crippen LogP contribution < -0.4 is 5.32 Å². The lowest BCUT2D eigenvalue weighted by atomic mass is 9.33. The zero-order chi connectivity index (χ0) is 73.0. The number of aliphatic hydroxyl groups excluding tert-OH is 17. The number of hydrogen-bond acceptors (Lipinski definition) is 33. The van der Waals surface area contributed by atoms with Crippen LogP contribution in [-0.4, -0.2) is 334 Å².